The fourth-order valence-electron chi connectivity index (χ4n) is 2.72. The zero-order valence-corrected chi connectivity index (χ0v) is 9.79. The molecule has 0 aliphatic carbocycles. The first kappa shape index (κ1) is 11.0. The Morgan fingerprint density at radius 1 is 1.29 bits per heavy atom. The van der Waals surface area contributed by atoms with Crippen LogP contribution in [0.2, 0.25) is 0 Å². The van der Waals surface area contributed by atoms with E-state index in [1.807, 2.05) is 0 Å². The summed E-state index contributed by atoms with van der Waals surface area (Å²) in [4.78, 5) is 2.43. The number of nitrogens with one attached hydrogen (secondary N) is 1. The predicted molar refractivity (Wildman–Crippen MR) is 63.7 cm³/mol. The van der Waals surface area contributed by atoms with Crippen molar-refractivity contribution in [1.29, 1.82) is 0 Å². The van der Waals surface area contributed by atoms with Crippen molar-refractivity contribution < 1.29 is 9.13 Å². The minimum absolute atomic E-state index is 0.172. The molecule has 0 spiro atoms. The third-order valence-electron chi connectivity index (χ3n) is 3.57. The molecule has 0 amide bonds. The van der Waals surface area contributed by atoms with Crippen LogP contribution in [0.25, 0.3) is 0 Å². The van der Waals surface area contributed by atoms with Gasteiger partial charge in [-0.05, 0) is 18.2 Å². The molecule has 92 valence electrons. The summed E-state index contributed by atoms with van der Waals surface area (Å²) in [5.74, 6) is 0.676. The van der Waals surface area contributed by atoms with E-state index in [-0.39, 0.29) is 5.82 Å². The summed E-state index contributed by atoms with van der Waals surface area (Å²) in [5, 5.41) is 3.34. The summed E-state index contributed by atoms with van der Waals surface area (Å²) >= 11 is 0. The quantitative estimate of drug-likeness (QED) is 0.800. The molecular formula is C13H17FN2O. The fourth-order valence-corrected chi connectivity index (χ4v) is 2.72. The Kier molecular flexibility index (Phi) is 2.99. The average Bonchev–Trinajstić information content (AvgIpc) is 2.39. The van der Waals surface area contributed by atoms with Gasteiger partial charge in [-0.25, -0.2) is 4.39 Å². The molecular weight excluding hydrogens is 219 g/mol. The standard InChI is InChI=1S/C13H17FN2O/c14-10-1-2-13-11(9-10)12(3-8-17-13)16-6-4-15-5-7-16/h1-2,9,12,15H,3-8H2. The van der Waals surface area contributed by atoms with Crippen LogP contribution < -0.4 is 10.1 Å². The van der Waals surface area contributed by atoms with Gasteiger partial charge in [0.2, 0.25) is 0 Å². The van der Waals surface area contributed by atoms with Crippen LogP contribution in [0, 0.1) is 5.82 Å². The molecule has 3 rings (SSSR count). The highest BCUT2D eigenvalue weighted by Crippen LogP contribution is 2.36. The highest BCUT2D eigenvalue weighted by atomic mass is 19.1. The highest BCUT2D eigenvalue weighted by Gasteiger charge is 2.28. The summed E-state index contributed by atoms with van der Waals surface area (Å²) in [6, 6.07) is 5.16. The molecule has 2 aliphatic rings. The van der Waals surface area contributed by atoms with E-state index in [0.29, 0.717) is 6.04 Å². The summed E-state index contributed by atoms with van der Waals surface area (Å²) in [5.41, 5.74) is 1.01. The van der Waals surface area contributed by atoms with E-state index in [2.05, 4.69) is 10.2 Å². The molecule has 0 aromatic heterocycles. The largest absolute Gasteiger partial charge is 0.493 e. The topological polar surface area (TPSA) is 24.5 Å². The minimum atomic E-state index is -0.172. The van der Waals surface area contributed by atoms with Crippen molar-refractivity contribution in [3.05, 3.63) is 29.6 Å². The summed E-state index contributed by atoms with van der Waals surface area (Å²) < 4.78 is 18.9. The smallest absolute Gasteiger partial charge is 0.124 e. The summed E-state index contributed by atoms with van der Waals surface area (Å²) in [6.45, 7) is 4.82. The second-order valence-electron chi connectivity index (χ2n) is 4.62. The third-order valence-corrected chi connectivity index (χ3v) is 3.57. The van der Waals surface area contributed by atoms with E-state index in [0.717, 1.165) is 50.5 Å². The number of hydrogen-bond donors (Lipinski definition) is 1. The van der Waals surface area contributed by atoms with Crippen LogP contribution in [-0.2, 0) is 0 Å². The molecule has 17 heavy (non-hydrogen) atoms. The molecule has 1 unspecified atom stereocenters. The van der Waals surface area contributed by atoms with E-state index in [4.69, 9.17) is 4.74 Å². The predicted octanol–water partition coefficient (Wildman–Crippen LogP) is 1.55. The molecule has 2 aliphatic heterocycles. The molecule has 0 radical (unpaired) electrons. The molecule has 1 atom stereocenters. The fraction of sp³-hybridized carbons (Fsp3) is 0.538. The van der Waals surface area contributed by atoms with Crippen LogP contribution in [-0.4, -0.2) is 37.7 Å². The lowest BCUT2D eigenvalue weighted by molar-refractivity contribution is 0.126. The van der Waals surface area contributed by atoms with Gasteiger partial charge in [-0.1, -0.05) is 0 Å². The van der Waals surface area contributed by atoms with E-state index in [1.165, 1.54) is 6.07 Å². The lowest BCUT2D eigenvalue weighted by Gasteiger charge is -2.38. The van der Waals surface area contributed by atoms with Crippen LogP contribution >= 0.6 is 0 Å². The van der Waals surface area contributed by atoms with E-state index in [1.54, 1.807) is 12.1 Å². The number of benzene rings is 1. The first-order valence-electron chi connectivity index (χ1n) is 6.21. The van der Waals surface area contributed by atoms with Gasteiger partial charge in [0.1, 0.15) is 11.6 Å². The first-order chi connectivity index (χ1) is 8.34. The van der Waals surface area contributed by atoms with E-state index >= 15 is 0 Å². The Morgan fingerprint density at radius 2 is 2.12 bits per heavy atom. The van der Waals surface area contributed by atoms with Gasteiger partial charge in [-0.2, -0.15) is 0 Å². The molecule has 2 heterocycles. The SMILES string of the molecule is Fc1ccc2c(c1)C(N1CCNCC1)CCO2. The van der Waals surface area contributed by atoms with Crippen molar-refractivity contribution in [2.75, 3.05) is 32.8 Å². The maximum atomic E-state index is 13.3. The Labute approximate surface area is 101 Å². The monoisotopic (exact) mass is 236 g/mol. The number of nitrogens with zero attached hydrogens (tertiary/aromatic N) is 1. The van der Waals surface area contributed by atoms with Gasteiger partial charge in [0.25, 0.3) is 0 Å². The molecule has 1 N–H and O–H groups in total. The van der Waals surface area contributed by atoms with Crippen molar-refractivity contribution in [2.24, 2.45) is 0 Å². The van der Waals surface area contributed by atoms with Gasteiger partial charge in [0.15, 0.2) is 0 Å². The number of hydrogen-bond acceptors (Lipinski definition) is 3. The molecule has 0 saturated carbocycles. The van der Waals surface area contributed by atoms with Gasteiger partial charge in [-0.3, -0.25) is 4.90 Å². The highest BCUT2D eigenvalue weighted by molar-refractivity contribution is 5.38. The zero-order valence-electron chi connectivity index (χ0n) is 9.79. The van der Waals surface area contributed by atoms with E-state index < -0.39 is 0 Å². The first-order valence-corrected chi connectivity index (χ1v) is 6.21. The zero-order chi connectivity index (χ0) is 11.7. The van der Waals surface area contributed by atoms with Crippen molar-refractivity contribution in [3.8, 4) is 5.75 Å². The van der Waals surface area contributed by atoms with Gasteiger partial charge < -0.3 is 10.1 Å². The van der Waals surface area contributed by atoms with Crippen LogP contribution in [0.3, 0.4) is 0 Å². The number of piperazine rings is 1. The van der Waals surface area contributed by atoms with Crippen LogP contribution in [0.1, 0.15) is 18.0 Å². The summed E-state index contributed by atoms with van der Waals surface area (Å²) in [7, 11) is 0. The number of rotatable bonds is 1. The van der Waals surface area contributed by atoms with Crippen molar-refractivity contribution >= 4 is 0 Å². The number of fused-ring (bicyclic) bond motifs is 1. The Balaban J connectivity index is 1.89. The Bertz CT molecular complexity index is 404. The molecule has 1 fully saturated rings. The van der Waals surface area contributed by atoms with Crippen molar-refractivity contribution in [2.45, 2.75) is 12.5 Å². The van der Waals surface area contributed by atoms with Crippen molar-refractivity contribution in [1.82, 2.24) is 10.2 Å². The Hall–Kier alpha value is -1.13. The van der Waals surface area contributed by atoms with Gasteiger partial charge in [0, 0.05) is 44.2 Å². The lowest BCUT2D eigenvalue weighted by Crippen LogP contribution is -2.46. The molecule has 1 aromatic rings. The summed E-state index contributed by atoms with van der Waals surface area (Å²) in [6.07, 6.45) is 0.955. The minimum Gasteiger partial charge on any atom is -0.493 e. The van der Waals surface area contributed by atoms with Crippen LogP contribution in [0.5, 0.6) is 5.75 Å². The number of ether oxygens (including phenoxy) is 1. The second-order valence-corrected chi connectivity index (χ2v) is 4.62. The van der Waals surface area contributed by atoms with Gasteiger partial charge >= 0.3 is 0 Å². The molecule has 1 saturated heterocycles. The van der Waals surface area contributed by atoms with Gasteiger partial charge in [0.05, 0.1) is 6.61 Å². The van der Waals surface area contributed by atoms with Crippen LogP contribution in [0.15, 0.2) is 18.2 Å². The van der Waals surface area contributed by atoms with Crippen molar-refractivity contribution in [3.63, 3.8) is 0 Å². The third kappa shape index (κ3) is 2.15. The molecule has 4 heteroatoms. The Morgan fingerprint density at radius 3 is 2.94 bits per heavy atom. The number of halogens is 1. The molecule has 3 nitrogen and oxygen atoms in total. The molecule has 1 aromatic carbocycles. The normalized spacial score (nSPS) is 25.1. The van der Waals surface area contributed by atoms with Gasteiger partial charge in [-0.15, -0.1) is 0 Å². The van der Waals surface area contributed by atoms with E-state index in [9.17, 15) is 4.39 Å². The van der Waals surface area contributed by atoms with Crippen LogP contribution in [0.4, 0.5) is 4.39 Å². The molecule has 0 bridgehead atoms. The lowest BCUT2D eigenvalue weighted by atomic mass is 9.98. The maximum Gasteiger partial charge on any atom is 0.124 e. The average molecular weight is 236 g/mol. The second kappa shape index (κ2) is 4.63. The maximum absolute atomic E-state index is 13.3.